The Hall–Kier alpha value is -0.450. The van der Waals surface area contributed by atoms with E-state index in [0.717, 1.165) is 31.6 Å². The molecular weight excluding hydrogens is 254 g/mol. The highest BCUT2D eigenvalue weighted by molar-refractivity contribution is 7.09. The van der Waals surface area contributed by atoms with E-state index in [-0.39, 0.29) is 5.41 Å². The van der Waals surface area contributed by atoms with E-state index < -0.39 is 0 Å². The highest BCUT2D eigenvalue weighted by Crippen LogP contribution is 2.34. The molecule has 1 unspecified atom stereocenters. The van der Waals surface area contributed by atoms with Gasteiger partial charge in [0.25, 0.3) is 0 Å². The third-order valence-electron chi connectivity index (χ3n) is 4.16. The van der Waals surface area contributed by atoms with Crippen LogP contribution in [0.5, 0.6) is 0 Å². The maximum absolute atomic E-state index is 4.82. The normalized spacial score (nSPS) is 25.7. The summed E-state index contributed by atoms with van der Waals surface area (Å²) in [7, 11) is 0. The number of nitrogens with one attached hydrogen (secondary N) is 1. The van der Waals surface area contributed by atoms with Gasteiger partial charge in [-0.15, -0.1) is 11.3 Å². The fourth-order valence-electron chi connectivity index (χ4n) is 2.72. The van der Waals surface area contributed by atoms with E-state index in [4.69, 9.17) is 4.98 Å². The van der Waals surface area contributed by atoms with Crippen molar-refractivity contribution >= 4 is 11.3 Å². The summed E-state index contributed by atoms with van der Waals surface area (Å²) >= 11 is 1.82. The number of hydrogen-bond donors (Lipinski definition) is 1. The molecule has 19 heavy (non-hydrogen) atoms. The van der Waals surface area contributed by atoms with Crippen molar-refractivity contribution in [1.82, 2.24) is 15.2 Å². The molecule has 4 heteroatoms. The van der Waals surface area contributed by atoms with E-state index in [1.807, 2.05) is 11.3 Å². The lowest BCUT2D eigenvalue weighted by atomic mass is 9.93. The van der Waals surface area contributed by atoms with E-state index in [2.05, 4.69) is 36.4 Å². The van der Waals surface area contributed by atoms with Crippen LogP contribution in [0, 0.1) is 5.92 Å². The van der Waals surface area contributed by atoms with E-state index in [9.17, 15) is 0 Å². The van der Waals surface area contributed by atoms with E-state index >= 15 is 0 Å². The van der Waals surface area contributed by atoms with Crippen LogP contribution in [0.25, 0.3) is 0 Å². The lowest BCUT2D eigenvalue weighted by molar-refractivity contribution is 0.181. The summed E-state index contributed by atoms with van der Waals surface area (Å²) in [4.78, 5) is 7.39. The molecule has 0 radical (unpaired) electrons. The molecule has 2 aliphatic rings. The molecule has 0 spiro atoms. The zero-order chi connectivity index (χ0) is 13.5. The summed E-state index contributed by atoms with van der Waals surface area (Å²) in [5, 5.41) is 7.18. The summed E-state index contributed by atoms with van der Waals surface area (Å²) in [6.07, 6.45) is 2.86. The third kappa shape index (κ3) is 3.36. The van der Waals surface area contributed by atoms with Gasteiger partial charge in [-0.25, -0.2) is 4.98 Å². The second kappa shape index (κ2) is 5.15. The number of piperazine rings is 1. The number of hydrogen-bond acceptors (Lipinski definition) is 4. The number of rotatable bonds is 3. The number of aromatic nitrogens is 1. The fraction of sp³-hybridized carbons (Fsp3) is 0.800. The molecule has 2 heterocycles. The summed E-state index contributed by atoms with van der Waals surface area (Å²) < 4.78 is 0. The van der Waals surface area contributed by atoms with Gasteiger partial charge < -0.3 is 5.32 Å². The zero-order valence-electron chi connectivity index (χ0n) is 12.3. The van der Waals surface area contributed by atoms with E-state index in [1.54, 1.807) is 0 Å². The first-order valence-electron chi connectivity index (χ1n) is 7.43. The van der Waals surface area contributed by atoms with Gasteiger partial charge in [0.2, 0.25) is 0 Å². The molecule has 0 bridgehead atoms. The third-order valence-corrected chi connectivity index (χ3v) is 4.99. The standard InChI is InChI=1S/C15H25N3S/c1-15(2,3)13-10-19-14(17-13)9-18-7-6-16-12(8-18)11-4-5-11/h10-12,16H,4-9H2,1-3H3. The average Bonchev–Trinajstić information content (AvgIpc) is 3.09. The highest BCUT2D eigenvalue weighted by Gasteiger charge is 2.34. The van der Waals surface area contributed by atoms with Crippen molar-refractivity contribution in [3.05, 3.63) is 16.1 Å². The predicted molar refractivity (Wildman–Crippen MR) is 80.6 cm³/mol. The van der Waals surface area contributed by atoms with E-state index in [0.29, 0.717) is 0 Å². The first-order valence-corrected chi connectivity index (χ1v) is 8.31. The van der Waals surface area contributed by atoms with Crippen LogP contribution in [0.4, 0.5) is 0 Å². The molecular formula is C15H25N3S. The van der Waals surface area contributed by atoms with Crippen molar-refractivity contribution in [2.45, 2.75) is 51.6 Å². The minimum atomic E-state index is 0.175. The SMILES string of the molecule is CC(C)(C)c1csc(CN2CCNC(C3CC3)C2)n1. The van der Waals surface area contributed by atoms with Crippen LogP contribution in [0.15, 0.2) is 5.38 Å². The summed E-state index contributed by atoms with van der Waals surface area (Å²) in [5.74, 6) is 0.948. The van der Waals surface area contributed by atoms with Crippen LogP contribution in [-0.4, -0.2) is 35.6 Å². The smallest absolute Gasteiger partial charge is 0.107 e. The minimum Gasteiger partial charge on any atom is -0.311 e. The Bertz CT molecular complexity index is 431. The molecule has 2 fully saturated rings. The van der Waals surface area contributed by atoms with Crippen LogP contribution in [0.1, 0.15) is 44.3 Å². The molecule has 1 aliphatic carbocycles. The molecule has 1 atom stereocenters. The van der Waals surface area contributed by atoms with Crippen LogP contribution >= 0.6 is 11.3 Å². The van der Waals surface area contributed by atoms with Crippen molar-refractivity contribution < 1.29 is 0 Å². The first-order chi connectivity index (χ1) is 9.02. The van der Waals surface area contributed by atoms with Crippen molar-refractivity contribution in [2.75, 3.05) is 19.6 Å². The van der Waals surface area contributed by atoms with Crippen LogP contribution in [-0.2, 0) is 12.0 Å². The number of thiazole rings is 1. The monoisotopic (exact) mass is 279 g/mol. The lowest BCUT2D eigenvalue weighted by Gasteiger charge is -2.33. The Labute approximate surface area is 120 Å². The predicted octanol–water partition coefficient (Wildman–Crippen LogP) is 2.62. The quantitative estimate of drug-likeness (QED) is 0.922. The Kier molecular flexibility index (Phi) is 3.67. The molecule has 0 amide bonds. The average molecular weight is 279 g/mol. The van der Waals surface area contributed by atoms with Gasteiger partial charge in [-0.2, -0.15) is 0 Å². The molecule has 3 rings (SSSR count). The van der Waals surface area contributed by atoms with E-state index in [1.165, 1.54) is 30.1 Å². The minimum absolute atomic E-state index is 0.175. The Balaban J connectivity index is 1.59. The first kappa shape index (κ1) is 13.5. The van der Waals surface area contributed by atoms with Crippen molar-refractivity contribution in [1.29, 1.82) is 0 Å². The molecule has 1 aliphatic heterocycles. The van der Waals surface area contributed by atoms with Gasteiger partial charge in [-0.05, 0) is 18.8 Å². The second-order valence-electron chi connectivity index (χ2n) is 7.01. The summed E-state index contributed by atoms with van der Waals surface area (Å²) in [6.45, 7) is 11.2. The van der Waals surface area contributed by atoms with Gasteiger partial charge in [0, 0.05) is 36.5 Å². The molecule has 106 valence electrons. The van der Waals surface area contributed by atoms with Gasteiger partial charge in [0.05, 0.1) is 12.2 Å². The van der Waals surface area contributed by atoms with Crippen LogP contribution < -0.4 is 5.32 Å². The van der Waals surface area contributed by atoms with Crippen molar-refractivity contribution in [3.63, 3.8) is 0 Å². The molecule has 0 aromatic carbocycles. The highest BCUT2D eigenvalue weighted by atomic mass is 32.1. The second-order valence-corrected chi connectivity index (χ2v) is 7.95. The maximum atomic E-state index is 4.82. The van der Waals surface area contributed by atoms with Gasteiger partial charge in [0.15, 0.2) is 0 Å². The Morgan fingerprint density at radius 2 is 2.21 bits per heavy atom. The van der Waals surface area contributed by atoms with Gasteiger partial charge in [-0.1, -0.05) is 20.8 Å². The van der Waals surface area contributed by atoms with Crippen LogP contribution in [0.2, 0.25) is 0 Å². The van der Waals surface area contributed by atoms with Crippen molar-refractivity contribution in [3.8, 4) is 0 Å². The van der Waals surface area contributed by atoms with Crippen LogP contribution in [0.3, 0.4) is 0 Å². The Morgan fingerprint density at radius 1 is 1.42 bits per heavy atom. The largest absolute Gasteiger partial charge is 0.311 e. The van der Waals surface area contributed by atoms with Crippen molar-refractivity contribution in [2.24, 2.45) is 5.92 Å². The molecule has 1 aromatic rings. The molecule has 1 saturated heterocycles. The van der Waals surface area contributed by atoms with Gasteiger partial charge in [-0.3, -0.25) is 4.90 Å². The topological polar surface area (TPSA) is 28.2 Å². The Morgan fingerprint density at radius 3 is 2.84 bits per heavy atom. The van der Waals surface area contributed by atoms with Gasteiger partial charge in [0.1, 0.15) is 5.01 Å². The molecule has 3 nitrogen and oxygen atoms in total. The van der Waals surface area contributed by atoms with Gasteiger partial charge >= 0.3 is 0 Å². The summed E-state index contributed by atoms with van der Waals surface area (Å²) in [6, 6.07) is 0.732. The fourth-order valence-corrected chi connectivity index (χ4v) is 3.78. The summed E-state index contributed by atoms with van der Waals surface area (Å²) in [5.41, 5.74) is 1.41. The lowest BCUT2D eigenvalue weighted by Crippen LogP contribution is -2.51. The zero-order valence-corrected chi connectivity index (χ0v) is 13.1. The molecule has 1 N–H and O–H groups in total. The molecule has 1 aromatic heterocycles. The maximum Gasteiger partial charge on any atom is 0.107 e. The molecule has 1 saturated carbocycles. The number of nitrogens with zero attached hydrogens (tertiary/aromatic N) is 2.